The second kappa shape index (κ2) is 7.33. The maximum absolute atomic E-state index is 12.3. The number of anilines is 1. The first-order valence-corrected chi connectivity index (χ1v) is 6.99. The molecule has 2 rings (SSSR count). The van der Waals surface area contributed by atoms with E-state index in [1.807, 2.05) is 55.5 Å². The zero-order valence-corrected chi connectivity index (χ0v) is 12.3. The fraction of sp³-hybridized carbons (Fsp3) is 0.235. The second-order valence-corrected chi connectivity index (χ2v) is 4.57. The Morgan fingerprint density at radius 3 is 2.57 bits per heavy atom. The topological polar surface area (TPSA) is 50.4 Å². The first-order valence-electron chi connectivity index (χ1n) is 6.99. The minimum absolute atomic E-state index is 0.0996. The van der Waals surface area contributed by atoms with Gasteiger partial charge >= 0.3 is 0 Å². The molecule has 0 spiro atoms. The summed E-state index contributed by atoms with van der Waals surface area (Å²) in [5, 5.41) is 6.12. The summed E-state index contributed by atoms with van der Waals surface area (Å²) >= 11 is 0. The molecule has 0 unspecified atom stereocenters. The van der Waals surface area contributed by atoms with Crippen LogP contribution in [0, 0.1) is 0 Å². The number of hydrogen-bond donors (Lipinski definition) is 2. The van der Waals surface area contributed by atoms with Crippen LogP contribution in [-0.4, -0.2) is 19.6 Å². The average molecular weight is 284 g/mol. The van der Waals surface area contributed by atoms with Gasteiger partial charge in [0.15, 0.2) is 0 Å². The molecule has 1 amide bonds. The molecule has 0 radical (unpaired) electrons. The minimum atomic E-state index is -0.0996. The summed E-state index contributed by atoms with van der Waals surface area (Å²) in [7, 11) is 1.63. The van der Waals surface area contributed by atoms with Gasteiger partial charge in [-0.25, -0.2) is 0 Å². The van der Waals surface area contributed by atoms with E-state index < -0.39 is 0 Å². The smallest absolute Gasteiger partial charge is 0.253 e. The summed E-state index contributed by atoms with van der Waals surface area (Å²) in [6.07, 6.45) is 0. The molecule has 0 aliphatic heterocycles. The molecule has 0 saturated heterocycles. The highest BCUT2D eigenvalue weighted by Crippen LogP contribution is 2.18. The van der Waals surface area contributed by atoms with Crippen LogP contribution in [0.5, 0.6) is 5.75 Å². The predicted octanol–water partition coefficient (Wildman–Crippen LogP) is 3.06. The molecule has 4 heteroatoms. The monoisotopic (exact) mass is 284 g/mol. The van der Waals surface area contributed by atoms with E-state index in [9.17, 15) is 4.79 Å². The number of rotatable bonds is 6. The average Bonchev–Trinajstić information content (AvgIpc) is 2.53. The van der Waals surface area contributed by atoms with Crippen molar-refractivity contribution in [3.63, 3.8) is 0 Å². The summed E-state index contributed by atoms with van der Waals surface area (Å²) in [5.74, 6) is 0.676. The second-order valence-electron chi connectivity index (χ2n) is 4.57. The first kappa shape index (κ1) is 14.9. The van der Waals surface area contributed by atoms with Gasteiger partial charge in [0.25, 0.3) is 5.91 Å². The molecule has 2 aromatic carbocycles. The van der Waals surface area contributed by atoms with Gasteiger partial charge < -0.3 is 15.4 Å². The lowest BCUT2D eigenvalue weighted by Gasteiger charge is -2.12. The van der Waals surface area contributed by atoms with Crippen molar-refractivity contribution in [3.05, 3.63) is 59.7 Å². The van der Waals surface area contributed by atoms with E-state index in [2.05, 4.69) is 10.6 Å². The highest BCUT2D eigenvalue weighted by Gasteiger charge is 2.11. The van der Waals surface area contributed by atoms with Gasteiger partial charge in [-0.3, -0.25) is 4.79 Å². The van der Waals surface area contributed by atoms with E-state index in [4.69, 9.17) is 4.74 Å². The third-order valence-corrected chi connectivity index (χ3v) is 3.17. The van der Waals surface area contributed by atoms with Gasteiger partial charge in [0, 0.05) is 24.3 Å². The number of benzene rings is 2. The number of para-hydroxylation sites is 2. The number of carbonyl (C=O) groups is 1. The zero-order valence-electron chi connectivity index (χ0n) is 12.3. The highest BCUT2D eigenvalue weighted by atomic mass is 16.5. The van der Waals surface area contributed by atoms with Gasteiger partial charge in [-0.15, -0.1) is 0 Å². The predicted molar refractivity (Wildman–Crippen MR) is 84.8 cm³/mol. The summed E-state index contributed by atoms with van der Waals surface area (Å²) < 4.78 is 5.28. The molecule has 0 fully saturated rings. The molecule has 0 aliphatic rings. The lowest BCUT2D eigenvalue weighted by Crippen LogP contribution is -2.24. The Bertz CT molecular complexity index is 611. The number of hydrogen-bond acceptors (Lipinski definition) is 3. The van der Waals surface area contributed by atoms with Crippen LogP contribution in [0.4, 0.5) is 5.69 Å². The Morgan fingerprint density at radius 2 is 1.81 bits per heavy atom. The quantitative estimate of drug-likeness (QED) is 0.857. The van der Waals surface area contributed by atoms with Crippen LogP contribution in [-0.2, 0) is 6.54 Å². The Labute approximate surface area is 125 Å². The lowest BCUT2D eigenvalue weighted by atomic mass is 10.1. The van der Waals surface area contributed by atoms with E-state index in [0.29, 0.717) is 12.1 Å². The van der Waals surface area contributed by atoms with Crippen LogP contribution in [0.1, 0.15) is 22.8 Å². The van der Waals surface area contributed by atoms with Crippen LogP contribution in [0.2, 0.25) is 0 Å². The van der Waals surface area contributed by atoms with Crippen LogP contribution in [0.3, 0.4) is 0 Å². The van der Waals surface area contributed by atoms with Crippen molar-refractivity contribution in [1.29, 1.82) is 0 Å². The van der Waals surface area contributed by atoms with Crippen LogP contribution >= 0.6 is 0 Å². The van der Waals surface area contributed by atoms with Crippen LogP contribution < -0.4 is 15.4 Å². The zero-order chi connectivity index (χ0) is 15.1. The first-order chi connectivity index (χ1) is 10.3. The van der Waals surface area contributed by atoms with Crippen molar-refractivity contribution in [2.24, 2.45) is 0 Å². The maximum Gasteiger partial charge on any atom is 0.253 e. The minimum Gasteiger partial charge on any atom is -0.496 e. The van der Waals surface area contributed by atoms with Crippen molar-refractivity contribution in [3.8, 4) is 5.75 Å². The van der Waals surface area contributed by atoms with Crippen molar-refractivity contribution < 1.29 is 9.53 Å². The molecule has 2 N–H and O–H groups in total. The third-order valence-electron chi connectivity index (χ3n) is 3.17. The summed E-state index contributed by atoms with van der Waals surface area (Å²) in [4.78, 5) is 12.3. The van der Waals surface area contributed by atoms with E-state index in [1.54, 1.807) is 7.11 Å². The summed E-state index contributed by atoms with van der Waals surface area (Å²) in [6, 6.07) is 15.1. The number of carbonyl (C=O) groups excluding carboxylic acids is 1. The molecular formula is C17H20N2O2. The molecular weight excluding hydrogens is 264 g/mol. The van der Waals surface area contributed by atoms with Crippen molar-refractivity contribution in [2.75, 3.05) is 19.0 Å². The molecule has 0 aromatic heterocycles. The van der Waals surface area contributed by atoms with E-state index >= 15 is 0 Å². The van der Waals surface area contributed by atoms with Crippen molar-refractivity contribution in [1.82, 2.24) is 5.32 Å². The van der Waals surface area contributed by atoms with Gasteiger partial charge in [0.2, 0.25) is 0 Å². The molecule has 0 atom stereocenters. The number of amides is 1. The maximum atomic E-state index is 12.3. The number of nitrogens with one attached hydrogen (secondary N) is 2. The Morgan fingerprint density at radius 1 is 1.10 bits per heavy atom. The normalized spacial score (nSPS) is 10.0. The molecule has 21 heavy (non-hydrogen) atoms. The van der Waals surface area contributed by atoms with Gasteiger partial charge in [-0.1, -0.05) is 30.3 Å². The fourth-order valence-corrected chi connectivity index (χ4v) is 2.15. The molecule has 4 nitrogen and oxygen atoms in total. The summed E-state index contributed by atoms with van der Waals surface area (Å²) in [5.41, 5.74) is 2.45. The van der Waals surface area contributed by atoms with Crippen LogP contribution in [0.15, 0.2) is 48.5 Å². The SMILES string of the molecule is CCNc1ccccc1C(=O)NCc1ccccc1OC. The van der Waals surface area contributed by atoms with E-state index in [0.717, 1.165) is 23.5 Å². The van der Waals surface area contributed by atoms with E-state index in [-0.39, 0.29) is 5.91 Å². The Kier molecular flexibility index (Phi) is 5.21. The third kappa shape index (κ3) is 3.75. The number of methoxy groups -OCH3 is 1. The lowest BCUT2D eigenvalue weighted by molar-refractivity contribution is 0.0951. The van der Waals surface area contributed by atoms with E-state index in [1.165, 1.54) is 0 Å². The molecule has 0 aliphatic carbocycles. The largest absolute Gasteiger partial charge is 0.496 e. The summed E-state index contributed by atoms with van der Waals surface area (Å²) in [6.45, 7) is 3.21. The van der Waals surface area contributed by atoms with Crippen molar-refractivity contribution >= 4 is 11.6 Å². The van der Waals surface area contributed by atoms with Gasteiger partial charge in [0.05, 0.1) is 12.7 Å². The molecule has 0 saturated carbocycles. The molecule has 110 valence electrons. The molecule has 2 aromatic rings. The fourth-order valence-electron chi connectivity index (χ4n) is 2.15. The van der Waals surface area contributed by atoms with Gasteiger partial charge in [0.1, 0.15) is 5.75 Å². The highest BCUT2D eigenvalue weighted by molar-refractivity contribution is 5.99. The van der Waals surface area contributed by atoms with Gasteiger partial charge in [-0.2, -0.15) is 0 Å². The number of ether oxygens (including phenoxy) is 1. The van der Waals surface area contributed by atoms with Crippen LogP contribution in [0.25, 0.3) is 0 Å². The Hall–Kier alpha value is -2.49. The molecule has 0 heterocycles. The standard InChI is InChI=1S/C17H20N2O2/c1-3-18-15-10-6-5-9-14(15)17(20)19-12-13-8-4-7-11-16(13)21-2/h4-11,18H,3,12H2,1-2H3,(H,19,20). The molecule has 0 bridgehead atoms. The van der Waals surface area contributed by atoms with Crippen molar-refractivity contribution in [2.45, 2.75) is 13.5 Å². The Balaban J connectivity index is 2.08. The van der Waals surface area contributed by atoms with Gasteiger partial charge in [-0.05, 0) is 25.1 Å².